The van der Waals surface area contributed by atoms with Crippen LogP contribution in [0.15, 0.2) is 231 Å². The van der Waals surface area contributed by atoms with Gasteiger partial charge in [0.1, 0.15) is 0 Å². The van der Waals surface area contributed by atoms with E-state index in [1.165, 1.54) is 115 Å². The monoisotopic (exact) mass is 807 g/mol. The quantitative estimate of drug-likeness (QED) is 0.140. The molecule has 1 fully saturated rings. The van der Waals surface area contributed by atoms with Crippen LogP contribution in [-0.4, -0.2) is 0 Å². The minimum Gasteiger partial charge on any atom is -0.311 e. The van der Waals surface area contributed by atoms with Crippen molar-refractivity contribution in [3.8, 4) is 55.6 Å². The average Bonchev–Trinajstić information content (AvgIpc) is 3.37. The Balaban J connectivity index is 0.900. The summed E-state index contributed by atoms with van der Waals surface area (Å²) in [6.07, 6.45) is 6.68. The van der Waals surface area contributed by atoms with Crippen LogP contribution in [0.2, 0.25) is 0 Å². The van der Waals surface area contributed by atoms with E-state index in [0.717, 1.165) is 17.1 Å². The van der Waals surface area contributed by atoms with Crippen molar-refractivity contribution >= 4 is 38.6 Å². The molecule has 0 N–H and O–H groups in total. The maximum Gasteiger partial charge on any atom is 0.0462 e. The lowest BCUT2D eigenvalue weighted by atomic mass is 9.83. The van der Waals surface area contributed by atoms with Gasteiger partial charge in [0, 0.05) is 17.1 Å². The molecular weight excluding hydrogens is 759 g/mol. The van der Waals surface area contributed by atoms with Crippen LogP contribution >= 0.6 is 0 Å². The summed E-state index contributed by atoms with van der Waals surface area (Å²) < 4.78 is 0. The molecular formula is C62H49N. The van der Waals surface area contributed by atoms with Crippen molar-refractivity contribution < 1.29 is 0 Å². The van der Waals surface area contributed by atoms with Gasteiger partial charge in [0.25, 0.3) is 0 Å². The van der Waals surface area contributed by atoms with E-state index in [9.17, 15) is 0 Å². The Bertz CT molecular complexity index is 2980. The van der Waals surface area contributed by atoms with Gasteiger partial charge in [-0.05, 0) is 138 Å². The zero-order valence-corrected chi connectivity index (χ0v) is 35.5. The van der Waals surface area contributed by atoms with Crippen LogP contribution < -0.4 is 4.90 Å². The first-order valence-electron chi connectivity index (χ1n) is 22.6. The summed E-state index contributed by atoms with van der Waals surface area (Å²) in [7, 11) is 0. The van der Waals surface area contributed by atoms with Crippen molar-refractivity contribution in [2.75, 3.05) is 4.90 Å². The molecule has 0 aliphatic heterocycles. The summed E-state index contributed by atoms with van der Waals surface area (Å²) in [5.74, 6) is 0.684. The summed E-state index contributed by atoms with van der Waals surface area (Å²) in [5, 5.41) is 5.08. The second-order valence-electron chi connectivity index (χ2n) is 17.1. The molecule has 302 valence electrons. The number of rotatable bonds is 9. The SMILES string of the molecule is c1cc(-c2ccc(N(c3ccc(-c4ccc(-c5cccc6ccccc56)cc4)cc3)c3ccc(-c4ccc(-c5cccc6ccccc56)cc4)cc3)cc2)cc(C2CCCCC2)c1. The molecule has 1 aliphatic carbocycles. The zero-order chi connectivity index (χ0) is 42.0. The van der Waals surface area contributed by atoms with E-state index in [1.54, 1.807) is 0 Å². The first kappa shape index (κ1) is 38.4. The van der Waals surface area contributed by atoms with Crippen molar-refractivity contribution in [1.29, 1.82) is 0 Å². The molecule has 0 spiro atoms. The molecule has 10 aromatic carbocycles. The topological polar surface area (TPSA) is 3.24 Å². The lowest BCUT2D eigenvalue weighted by molar-refractivity contribution is 0.444. The standard InChI is InChI=1S/C62H49N/c1-2-11-44(12-3-1)54-17-8-18-55(43-54)49-35-41-58(42-36-49)63(56-37-31-47(32-38-56)45-23-27-52(28-24-45)61-21-9-15-50-13-4-6-19-59(50)61)57-39-33-48(34-40-57)46-25-29-53(30-26-46)62-22-10-16-51-14-5-7-20-60(51)62/h4-10,13-44H,1-3,11-12H2. The van der Waals surface area contributed by atoms with Crippen molar-refractivity contribution in [3.63, 3.8) is 0 Å². The second kappa shape index (κ2) is 17.1. The molecule has 0 saturated heterocycles. The van der Waals surface area contributed by atoms with E-state index >= 15 is 0 Å². The summed E-state index contributed by atoms with van der Waals surface area (Å²) in [6, 6.07) is 84.8. The molecule has 0 amide bonds. The third-order valence-corrected chi connectivity index (χ3v) is 13.3. The Hall–Kier alpha value is -7.48. The predicted molar refractivity (Wildman–Crippen MR) is 269 cm³/mol. The molecule has 1 saturated carbocycles. The Labute approximate surface area is 371 Å². The largest absolute Gasteiger partial charge is 0.311 e. The highest BCUT2D eigenvalue weighted by atomic mass is 15.1. The fourth-order valence-corrected chi connectivity index (χ4v) is 9.90. The van der Waals surface area contributed by atoms with Crippen LogP contribution in [0.1, 0.15) is 43.6 Å². The highest BCUT2D eigenvalue weighted by molar-refractivity contribution is 5.98. The molecule has 0 heterocycles. The maximum atomic E-state index is 2.43. The van der Waals surface area contributed by atoms with Crippen molar-refractivity contribution in [3.05, 3.63) is 236 Å². The normalized spacial score (nSPS) is 13.0. The van der Waals surface area contributed by atoms with Gasteiger partial charge in [0.15, 0.2) is 0 Å². The molecule has 1 heteroatoms. The number of hydrogen-bond donors (Lipinski definition) is 0. The number of nitrogens with zero attached hydrogens (tertiary/aromatic N) is 1. The third-order valence-electron chi connectivity index (χ3n) is 13.3. The number of hydrogen-bond acceptors (Lipinski definition) is 1. The minimum absolute atomic E-state index is 0.684. The van der Waals surface area contributed by atoms with Gasteiger partial charge in [-0.1, -0.05) is 213 Å². The van der Waals surface area contributed by atoms with Crippen molar-refractivity contribution in [2.24, 2.45) is 0 Å². The summed E-state index contributed by atoms with van der Waals surface area (Å²) in [6.45, 7) is 0. The average molecular weight is 808 g/mol. The van der Waals surface area contributed by atoms with Crippen LogP contribution in [-0.2, 0) is 0 Å². The molecule has 0 atom stereocenters. The zero-order valence-electron chi connectivity index (χ0n) is 35.5. The maximum absolute atomic E-state index is 2.43. The van der Waals surface area contributed by atoms with Gasteiger partial charge in [-0.15, -0.1) is 0 Å². The molecule has 0 bridgehead atoms. The molecule has 0 aromatic heterocycles. The molecule has 11 rings (SSSR count). The van der Waals surface area contributed by atoms with Crippen LogP contribution in [0, 0.1) is 0 Å². The van der Waals surface area contributed by atoms with Crippen molar-refractivity contribution in [2.45, 2.75) is 38.0 Å². The predicted octanol–water partition coefficient (Wildman–Crippen LogP) is 17.8. The van der Waals surface area contributed by atoms with E-state index in [2.05, 4.69) is 235 Å². The Morgan fingerprint density at radius 1 is 0.286 bits per heavy atom. The van der Waals surface area contributed by atoms with Crippen LogP contribution in [0.4, 0.5) is 17.1 Å². The van der Waals surface area contributed by atoms with E-state index in [-0.39, 0.29) is 0 Å². The first-order chi connectivity index (χ1) is 31.2. The minimum atomic E-state index is 0.684. The molecule has 0 unspecified atom stereocenters. The molecule has 1 nitrogen and oxygen atoms in total. The van der Waals surface area contributed by atoms with Gasteiger partial charge in [-0.25, -0.2) is 0 Å². The highest BCUT2D eigenvalue weighted by Crippen LogP contribution is 2.40. The number of anilines is 3. The van der Waals surface area contributed by atoms with E-state index in [1.807, 2.05) is 0 Å². The molecule has 10 aromatic rings. The van der Waals surface area contributed by atoms with E-state index in [4.69, 9.17) is 0 Å². The van der Waals surface area contributed by atoms with Gasteiger partial charge in [-0.3, -0.25) is 0 Å². The Morgan fingerprint density at radius 2 is 0.651 bits per heavy atom. The van der Waals surface area contributed by atoms with Crippen LogP contribution in [0.3, 0.4) is 0 Å². The molecule has 63 heavy (non-hydrogen) atoms. The van der Waals surface area contributed by atoms with Crippen molar-refractivity contribution in [1.82, 2.24) is 0 Å². The van der Waals surface area contributed by atoms with E-state index in [0.29, 0.717) is 5.92 Å². The fraction of sp³-hybridized carbons (Fsp3) is 0.0968. The summed E-state index contributed by atoms with van der Waals surface area (Å²) in [5.41, 5.74) is 17.2. The summed E-state index contributed by atoms with van der Waals surface area (Å²) in [4.78, 5) is 2.38. The summed E-state index contributed by atoms with van der Waals surface area (Å²) >= 11 is 0. The van der Waals surface area contributed by atoms with Crippen LogP contribution in [0.5, 0.6) is 0 Å². The Morgan fingerprint density at radius 3 is 1.11 bits per heavy atom. The van der Waals surface area contributed by atoms with Gasteiger partial charge in [-0.2, -0.15) is 0 Å². The van der Waals surface area contributed by atoms with E-state index < -0.39 is 0 Å². The first-order valence-corrected chi connectivity index (χ1v) is 22.6. The smallest absolute Gasteiger partial charge is 0.0462 e. The molecule has 0 radical (unpaired) electrons. The lowest BCUT2D eigenvalue weighted by Gasteiger charge is -2.26. The molecule has 1 aliphatic rings. The number of fused-ring (bicyclic) bond motifs is 2. The van der Waals surface area contributed by atoms with Crippen LogP contribution in [0.25, 0.3) is 77.2 Å². The Kier molecular flexibility index (Phi) is 10.4. The fourth-order valence-electron chi connectivity index (χ4n) is 9.90. The van der Waals surface area contributed by atoms with Gasteiger partial charge < -0.3 is 4.90 Å². The van der Waals surface area contributed by atoms with Gasteiger partial charge >= 0.3 is 0 Å². The highest BCUT2D eigenvalue weighted by Gasteiger charge is 2.17. The lowest BCUT2D eigenvalue weighted by Crippen LogP contribution is -2.09. The van der Waals surface area contributed by atoms with Gasteiger partial charge in [0.05, 0.1) is 0 Å². The second-order valence-corrected chi connectivity index (χ2v) is 17.1. The number of benzene rings is 10. The van der Waals surface area contributed by atoms with Gasteiger partial charge in [0.2, 0.25) is 0 Å². The third kappa shape index (κ3) is 7.84.